The van der Waals surface area contributed by atoms with Gasteiger partial charge in [0.05, 0.1) is 36.8 Å². The van der Waals surface area contributed by atoms with Crippen LogP contribution in [0.25, 0.3) is 0 Å². The summed E-state index contributed by atoms with van der Waals surface area (Å²) in [5.41, 5.74) is 4.54. The van der Waals surface area contributed by atoms with Gasteiger partial charge in [0, 0.05) is 37.9 Å². The Balaban J connectivity index is 1.45. The highest BCUT2D eigenvalue weighted by Gasteiger charge is 2.28. The Kier molecular flexibility index (Phi) is 6.52. The second-order valence-electron chi connectivity index (χ2n) is 8.05. The molecule has 4 rings (SSSR count). The lowest BCUT2D eigenvalue weighted by atomic mass is 10.00. The van der Waals surface area contributed by atoms with Crippen LogP contribution in [0.5, 0.6) is 5.75 Å². The average molecular weight is 430 g/mol. The summed E-state index contributed by atoms with van der Waals surface area (Å²) in [6, 6.07) is 15.6. The van der Waals surface area contributed by atoms with Crippen LogP contribution in [0.1, 0.15) is 38.8 Å². The Morgan fingerprint density at radius 2 is 1.94 bits per heavy atom. The van der Waals surface area contributed by atoms with Gasteiger partial charge in [-0.2, -0.15) is 5.26 Å². The summed E-state index contributed by atoms with van der Waals surface area (Å²) in [4.78, 5) is 24.8. The zero-order valence-corrected chi connectivity index (χ0v) is 18.4. The number of methoxy groups -OCH3 is 1. The fraction of sp³-hybridized carbons (Fsp3) is 0.320. The summed E-state index contributed by atoms with van der Waals surface area (Å²) in [5.74, 6) is 0.768. The molecular formula is C25H27N5O2. The topological polar surface area (TPSA) is 85.2 Å². The second kappa shape index (κ2) is 9.67. The van der Waals surface area contributed by atoms with E-state index in [0.717, 1.165) is 42.1 Å². The summed E-state index contributed by atoms with van der Waals surface area (Å²) >= 11 is 0. The first kappa shape index (κ1) is 21.6. The van der Waals surface area contributed by atoms with Gasteiger partial charge in [-0.3, -0.25) is 9.69 Å². The van der Waals surface area contributed by atoms with Crippen molar-refractivity contribution in [3.8, 4) is 11.8 Å². The lowest BCUT2D eigenvalue weighted by Gasteiger charge is -2.39. The molecule has 1 aliphatic rings. The van der Waals surface area contributed by atoms with Crippen LogP contribution >= 0.6 is 0 Å². The van der Waals surface area contributed by atoms with E-state index in [2.05, 4.69) is 20.9 Å². The molecule has 7 heteroatoms. The van der Waals surface area contributed by atoms with E-state index in [9.17, 15) is 4.79 Å². The normalized spacial score (nSPS) is 15.2. The van der Waals surface area contributed by atoms with Gasteiger partial charge in [-0.1, -0.05) is 18.2 Å². The molecule has 0 saturated carbocycles. The van der Waals surface area contributed by atoms with Crippen LogP contribution in [0, 0.1) is 18.3 Å². The number of rotatable bonds is 6. The number of aromatic amines is 1. The van der Waals surface area contributed by atoms with E-state index in [4.69, 9.17) is 10.00 Å². The highest BCUT2D eigenvalue weighted by molar-refractivity contribution is 5.94. The van der Waals surface area contributed by atoms with Gasteiger partial charge in [0.15, 0.2) is 0 Å². The molecule has 1 fully saturated rings. The lowest BCUT2D eigenvalue weighted by Crippen LogP contribution is -2.50. The molecule has 0 bridgehead atoms. The number of carbonyl (C=O) groups excluding carboxylic acids is 1. The summed E-state index contributed by atoms with van der Waals surface area (Å²) in [6.07, 6.45) is 4.37. The van der Waals surface area contributed by atoms with E-state index in [1.807, 2.05) is 60.5 Å². The van der Waals surface area contributed by atoms with Gasteiger partial charge in [-0.05, 0) is 48.7 Å². The molecule has 1 atom stereocenters. The second-order valence-corrected chi connectivity index (χ2v) is 8.05. The van der Waals surface area contributed by atoms with Gasteiger partial charge < -0.3 is 14.6 Å². The molecule has 1 N–H and O–H groups in total. The van der Waals surface area contributed by atoms with Crippen molar-refractivity contribution in [3.63, 3.8) is 0 Å². The maximum Gasteiger partial charge on any atom is 0.254 e. The highest BCUT2D eigenvalue weighted by atomic mass is 16.5. The fourth-order valence-corrected chi connectivity index (χ4v) is 4.20. The number of aryl methyl sites for hydroxylation is 1. The molecule has 32 heavy (non-hydrogen) atoms. The number of nitrogens with zero attached hydrogens (tertiary/aromatic N) is 4. The maximum atomic E-state index is 13.0. The minimum atomic E-state index is 0.0353. The van der Waals surface area contributed by atoms with Crippen LogP contribution in [0.2, 0.25) is 0 Å². The third-order valence-electron chi connectivity index (χ3n) is 6.09. The third-order valence-corrected chi connectivity index (χ3v) is 6.09. The van der Waals surface area contributed by atoms with E-state index >= 15 is 0 Å². The molecule has 1 aromatic heterocycles. The predicted molar refractivity (Wildman–Crippen MR) is 121 cm³/mol. The van der Waals surface area contributed by atoms with Gasteiger partial charge in [0.25, 0.3) is 5.91 Å². The Bertz CT molecular complexity index is 1090. The Hall–Kier alpha value is -3.63. The van der Waals surface area contributed by atoms with E-state index in [-0.39, 0.29) is 11.9 Å². The molecule has 1 unspecified atom stereocenters. The van der Waals surface area contributed by atoms with Crippen molar-refractivity contribution in [3.05, 3.63) is 82.9 Å². The molecule has 1 saturated heterocycles. The van der Waals surface area contributed by atoms with Gasteiger partial charge in [0.2, 0.25) is 0 Å². The van der Waals surface area contributed by atoms with Crippen LogP contribution in [0.3, 0.4) is 0 Å². The van der Waals surface area contributed by atoms with Crippen molar-refractivity contribution >= 4 is 5.91 Å². The van der Waals surface area contributed by atoms with E-state index in [1.165, 1.54) is 0 Å². The minimum absolute atomic E-state index is 0.0353. The first-order chi connectivity index (χ1) is 15.6. The number of piperazine rings is 1. The molecule has 0 radical (unpaired) electrons. The van der Waals surface area contributed by atoms with Crippen LogP contribution in [-0.4, -0.2) is 59.0 Å². The molecule has 0 spiro atoms. The zero-order chi connectivity index (χ0) is 22.5. The Morgan fingerprint density at radius 1 is 1.19 bits per heavy atom. The molecule has 3 aromatic rings. The number of ether oxygens (including phenoxy) is 1. The number of imidazole rings is 1. The van der Waals surface area contributed by atoms with Gasteiger partial charge in [0.1, 0.15) is 5.75 Å². The summed E-state index contributed by atoms with van der Waals surface area (Å²) in [6.45, 7) is 4.83. The SMILES string of the molecule is COc1cc(C(=O)N2CCN(C(Cc3ccc(C#N)cc3)c3cnc[nH]3)CC2)ccc1C. The zero-order valence-electron chi connectivity index (χ0n) is 18.4. The monoisotopic (exact) mass is 429 g/mol. The number of H-pyrrole nitrogens is 1. The molecule has 2 heterocycles. The number of nitriles is 1. The van der Waals surface area contributed by atoms with Gasteiger partial charge in [-0.15, -0.1) is 0 Å². The molecule has 1 aliphatic heterocycles. The Morgan fingerprint density at radius 3 is 2.56 bits per heavy atom. The van der Waals surface area contributed by atoms with Crippen molar-refractivity contribution in [2.45, 2.75) is 19.4 Å². The fourth-order valence-electron chi connectivity index (χ4n) is 4.20. The van der Waals surface area contributed by atoms with Crippen molar-refractivity contribution < 1.29 is 9.53 Å². The van der Waals surface area contributed by atoms with Crippen LogP contribution in [-0.2, 0) is 6.42 Å². The smallest absolute Gasteiger partial charge is 0.254 e. The van der Waals surface area contributed by atoms with Crippen molar-refractivity contribution in [1.29, 1.82) is 5.26 Å². The first-order valence-corrected chi connectivity index (χ1v) is 10.7. The molecule has 7 nitrogen and oxygen atoms in total. The molecule has 164 valence electrons. The third kappa shape index (κ3) is 4.66. The number of carbonyl (C=O) groups is 1. The Labute approximate surface area is 188 Å². The summed E-state index contributed by atoms with van der Waals surface area (Å²) in [5, 5.41) is 9.05. The van der Waals surface area contributed by atoms with Crippen LogP contribution in [0.15, 0.2) is 55.0 Å². The standard InChI is InChI=1S/C25H27N5O2/c1-18-3-8-21(14-24(18)32-2)25(31)30-11-9-29(10-12-30)23(22-16-27-17-28-22)13-19-4-6-20(15-26)7-5-19/h3-8,14,16-17,23H,9-13H2,1-2H3,(H,27,28). The van der Waals surface area contributed by atoms with E-state index in [0.29, 0.717) is 24.2 Å². The average Bonchev–Trinajstić information content (AvgIpc) is 3.37. The van der Waals surface area contributed by atoms with E-state index in [1.54, 1.807) is 13.4 Å². The number of nitrogens with one attached hydrogen (secondary N) is 1. The van der Waals surface area contributed by atoms with Crippen LogP contribution < -0.4 is 4.74 Å². The van der Waals surface area contributed by atoms with Crippen molar-refractivity contribution in [1.82, 2.24) is 19.8 Å². The summed E-state index contributed by atoms with van der Waals surface area (Å²) in [7, 11) is 1.62. The minimum Gasteiger partial charge on any atom is -0.496 e. The number of amides is 1. The van der Waals surface area contributed by atoms with Gasteiger partial charge in [-0.25, -0.2) is 4.98 Å². The van der Waals surface area contributed by atoms with Crippen molar-refractivity contribution in [2.24, 2.45) is 0 Å². The predicted octanol–water partition coefficient (Wildman–Crippen LogP) is 3.34. The number of hydrogen-bond acceptors (Lipinski definition) is 5. The molecule has 1 amide bonds. The van der Waals surface area contributed by atoms with E-state index < -0.39 is 0 Å². The molecule has 0 aliphatic carbocycles. The maximum absolute atomic E-state index is 13.0. The summed E-state index contributed by atoms with van der Waals surface area (Å²) < 4.78 is 5.38. The lowest BCUT2D eigenvalue weighted by molar-refractivity contribution is 0.0562. The van der Waals surface area contributed by atoms with Crippen LogP contribution in [0.4, 0.5) is 0 Å². The largest absolute Gasteiger partial charge is 0.496 e. The molecule has 2 aromatic carbocycles. The quantitative estimate of drug-likeness (QED) is 0.650. The van der Waals surface area contributed by atoms with Gasteiger partial charge >= 0.3 is 0 Å². The number of hydrogen-bond donors (Lipinski definition) is 1. The molecular weight excluding hydrogens is 402 g/mol. The van der Waals surface area contributed by atoms with Crippen molar-refractivity contribution in [2.75, 3.05) is 33.3 Å². The number of aromatic nitrogens is 2. The first-order valence-electron chi connectivity index (χ1n) is 10.7. The number of benzene rings is 2. The highest BCUT2D eigenvalue weighted by Crippen LogP contribution is 2.26.